The Labute approximate surface area is 50.6 Å². The van der Waals surface area contributed by atoms with Gasteiger partial charge in [0.15, 0.2) is 6.33 Å². The second-order valence-corrected chi connectivity index (χ2v) is 1.42. The fourth-order valence-corrected chi connectivity index (χ4v) is 0.386. The van der Waals surface area contributed by atoms with E-state index in [1.165, 1.54) is 0 Å². The molecule has 9 heavy (non-hydrogen) atoms. The van der Waals surface area contributed by atoms with Crippen LogP contribution in [-0.2, 0) is 0 Å². The van der Waals surface area contributed by atoms with E-state index < -0.39 is 6.43 Å². The van der Waals surface area contributed by atoms with E-state index >= 15 is 0 Å². The monoisotopic (exact) mass is 129 g/mol. The smallest absolute Gasteiger partial charge is 0.233 e. The molecule has 1 aromatic heterocycles. The molecule has 0 unspecified atom stereocenters. The molecule has 0 N–H and O–H groups in total. The van der Waals surface area contributed by atoms with Crippen LogP contribution in [0, 0.1) is 6.33 Å². The van der Waals surface area contributed by atoms with Crippen molar-refractivity contribution in [3.8, 4) is 0 Å². The van der Waals surface area contributed by atoms with Crippen LogP contribution in [0.15, 0.2) is 12.4 Å². The molecule has 47 valence electrons. The van der Waals surface area contributed by atoms with Crippen LogP contribution in [0.1, 0.15) is 12.0 Å². The summed E-state index contributed by atoms with van der Waals surface area (Å²) in [5.74, 6) is 0. The second kappa shape index (κ2) is 2.48. The maximum absolute atomic E-state index is 11.7. The minimum atomic E-state index is -2.49. The van der Waals surface area contributed by atoms with Gasteiger partial charge in [-0.05, 0) is 0 Å². The van der Waals surface area contributed by atoms with E-state index in [-0.39, 0.29) is 5.56 Å². The predicted octanol–water partition coefficient (Wildman–Crippen LogP) is 1.21. The second-order valence-electron chi connectivity index (χ2n) is 1.42. The molecule has 2 nitrogen and oxygen atoms in total. The first kappa shape index (κ1) is 6.07. The standard InChI is InChI=1S/C5H3F2N2/c6-5(7)4-1-8-3-9-2-4/h1-2,5H. The van der Waals surface area contributed by atoms with Crippen LogP contribution < -0.4 is 0 Å². The number of alkyl halides is 2. The van der Waals surface area contributed by atoms with Crippen LogP contribution in [0.5, 0.6) is 0 Å². The van der Waals surface area contributed by atoms with E-state index in [2.05, 4.69) is 16.3 Å². The summed E-state index contributed by atoms with van der Waals surface area (Å²) in [6, 6.07) is 0. The van der Waals surface area contributed by atoms with Crippen molar-refractivity contribution in [3.63, 3.8) is 0 Å². The van der Waals surface area contributed by atoms with Crippen LogP contribution in [0.3, 0.4) is 0 Å². The van der Waals surface area contributed by atoms with Gasteiger partial charge in [-0.3, -0.25) is 0 Å². The highest BCUT2D eigenvalue weighted by Crippen LogP contribution is 2.14. The van der Waals surface area contributed by atoms with Gasteiger partial charge >= 0.3 is 0 Å². The average molecular weight is 129 g/mol. The van der Waals surface area contributed by atoms with Gasteiger partial charge in [0.05, 0.1) is 5.56 Å². The third kappa shape index (κ3) is 1.42. The molecule has 0 spiro atoms. The first-order valence-electron chi connectivity index (χ1n) is 2.27. The summed E-state index contributed by atoms with van der Waals surface area (Å²) in [5, 5.41) is 0. The Balaban J connectivity index is 2.85. The van der Waals surface area contributed by atoms with Gasteiger partial charge in [-0.15, -0.1) is 0 Å². The van der Waals surface area contributed by atoms with Crippen LogP contribution in [0.4, 0.5) is 8.78 Å². The van der Waals surface area contributed by atoms with E-state index in [1.807, 2.05) is 0 Å². The summed E-state index contributed by atoms with van der Waals surface area (Å²) in [6.45, 7) is 0. The Morgan fingerprint density at radius 2 is 1.89 bits per heavy atom. The van der Waals surface area contributed by atoms with Crippen molar-refractivity contribution in [1.82, 2.24) is 9.97 Å². The Hall–Kier alpha value is -1.06. The summed E-state index contributed by atoms with van der Waals surface area (Å²) in [4.78, 5) is 6.58. The number of aromatic nitrogens is 2. The predicted molar refractivity (Wildman–Crippen MR) is 25.8 cm³/mol. The fraction of sp³-hybridized carbons (Fsp3) is 0.200. The van der Waals surface area contributed by atoms with Gasteiger partial charge in [0.25, 0.3) is 6.43 Å². The third-order valence-corrected chi connectivity index (χ3v) is 0.795. The molecule has 0 fully saturated rings. The summed E-state index contributed by atoms with van der Waals surface area (Å²) in [7, 11) is 0. The molecule has 0 aliphatic carbocycles. The Morgan fingerprint density at radius 1 is 1.33 bits per heavy atom. The molecule has 0 aliphatic rings. The van der Waals surface area contributed by atoms with E-state index in [1.54, 1.807) is 0 Å². The van der Waals surface area contributed by atoms with Crippen molar-refractivity contribution < 1.29 is 8.78 Å². The molecule has 0 bridgehead atoms. The lowest BCUT2D eigenvalue weighted by Crippen LogP contribution is -1.86. The zero-order valence-electron chi connectivity index (χ0n) is 4.38. The molecule has 0 aliphatic heterocycles. The number of nitrogens with zero attached hydrogens (tertiary/aromatic N) is 2. The Bertz CT molecular complexity index is 176. The SMILES string of the molecule is FC(F)c1cn[c]nc1. The first-order chi connectivity index (χ1) is 4.30. The van der Waals surface area contributed by atoms with Crippen LogP contribution in [-0.4, -0.2) is 9.97 Å². The van der Waals surface area contributed by atoms with Crippen molar-refractivity contribution in [1.29, 1.82) is 0 Å². The molecule has 0 saturated carbocycles. The van der Waals surface area contributed by atoms with Crippen molar-refractivity contribution >= 4 is 0 Å². The van der Waals surface area contributed by atoms with Gasteiger partial charge in [0, 0.05) is 12.4 Å². The van der Waals surface area contributed by atoms with Crippen molar-refractivity contribution in [3.05, 3.63) is 24.3 Å². The first-order valence-corrected chi connectivity index (χ1v) is 2.27. The molecule has 0 atom stereocenters. The highest BCUT2D eigenvalue weighted by Gasteiger charge is 2.04. The molecule has 0 aromatic carbocycles. The van der Waals surface area contributed by atoms with E-state index in [4.69, 9.17) is 0 Å². The van der Waals surface area contributed by atoms with Crippen molar-refractivity contribution in [2.75, 3.05) is 0 Å². The highest BCUT2D eigenvalue weighted by molar-refractivity contribution is 5.02. The summed E-state index contributed by atoms with van der Waals surface area (Å²) < 4.78 is 23.3. The van der Waals surface area contributed by atoms with Gasteiger partial charge in [-0.25, -0.2) is 18.7 Å². The zero-order valence-corrected chi connectivity index (χ0v) is 4.38. The lowest BCUT2D eigenvalue weighted by molar-refractivity contribution is 0.150. The summed E-state index contributed by atoms with van der Waals surface area (Å²) >= 11 is 0. The van der Waals surface area contributed by atoms with Crippen molar-refractivity contribution in [2.24, 2.45) is 0 Å². The Morgan fingerprint density at radius 3 is 2.22 bits per heavy atom. The fourth-order valence-electron chi connectivity index (χ4n) is 0.386. The van der Waals surface area contributed by atoms with Crippen molar-refractivity contribution in [2.45, 2.75) is 6.43 Å². The van der Waals surface area contributed by atoms with Gasteiger partial charge in [0.2, 0.25) is 0 Å². The minimum absolute atomic E-state index is 0.172. The number of hydrogen-bond donors (Lipinski definition) is 0. The largest absolute Gasteiger partial charge is 0.266 e. The van der Waals surface area contributed by atoms with Crippen LogP contribution in [0.2, 0.25) is 0 Å². The van der Waals surface area contributed by atoms with Crippen LogP contribution in [0.25, 0.3) is 0 Å². The summed E-state index contributed by atoms with van der Waals surface area (Å²) in [5.41, 5.74) is -0.172. The summed E-state index contributed by atoms with van der Waals surface area (Å²) in [6.07, 6.45) is 1.75. The van der Waals surface area contributed by atoms with Gasteiger partial charge < -0.3 is 0 Å². The number of halogens is 2. The molecule has 0 saturated heterocycles. The Kier molecular flexibility index (Phi) is 1.67. The lowest BCUT2D eigenvalue weighted by atomic mass is 10.4. The normalized spacial score (nSPS) is 10.1. The third-order valence-electron chi connectivity index (χ3n) is 0.795. The molecule has 1 heterocycles. The maximum atomic E-state index is 11.7. The van der Waals surface area contributed by atoms with Gasteiger partial charge in [-0.1, -0.05) is 0 Å². The number of rotatable bonds is 1. The molecule has 4 heteroatoms. The molecular weight excluding hydrogens is 126 g/mol. The van der Waals surface area contributed by atoms with Gasteiger partial charge in [0.1, 0.15) is 0 Å². The topological polar surface area (TPSA) is 25.8 Å². The van der Waals surface area contributed by atoms with Crippen LogP contribution >= 0.6 is 0 Å². The molecule has 1 radical (unpaired) electrons. The quantitative estimate of drug-likeness (QED) is 0.569. The average Bonchev–Trinajstić information content (AvgIpc) is 1.90. The van der Waals surface area contributed by atoms with E-state index in [0.717, 1.165) is 12.4 Å². The maximum Gasteiger partial charge on any atom is 0.266 e. The molecule has 1 aromatic rings. The minimum Gasteiger partial charge on any atom is -0.233 e. The molecule has 0 amide bonds. The van der Waals surface area contributed by atoms with Gasteiger partial charge in [-0.2, -0.15) is 0 Å². The van der Waals surface area contributed by atoms with E-state index in [9.17, 15) is 8.78 Å². The molecule has 1 rings (SSSR count). The zero-order chi connectivity index (χ0) is 6.69. The molecular formula is C5H3F2N2. The van der Waals surface area contributed by atoms with E-state index in [0.29, 0.717) is 0 Å². The highest BCUT2D eigenvalue weighted by atomic mass is 19.3. The lowest BCUT2D eigenvalue weighted by Gasteiger charge is -1.92. The number of hydrogen-bond acceptors (Lipinski definition) is 2.